The second-order valence-electron chi connectivity index (χ2n) is 1.46. The Labute approximate surface area is 54.4 Å². The summed E-state index contributed by atoms with van der Waals surface area (Å²) in [6, 6.07) is 8.24. The van der Waals surface area contributed by atoms with E-state index in [4.69, 9.17) is 0 Å². The largest absolute Gasteiger partial charge is 0.213 e. The van der Waals surface area contributed by atoms with Crippen molar-refractivity contribution in [3.05, 3.63) is 29.8 Å². The van der Waals surface area contributed by atoms with Gasteiger partial charge in [0, 0.05) is 17.1 Å². The first-order valence-corrected chi connectivity index (χ1v) is 2.08. The Morgan fingerprint density at radius 3 is 1.71 bits per heavy atom. The molecule has 0 heterocycles. The summed E-state index contributed by atoms with van der Waals surface area (Å²) >= 11 is 0. The molecule has 0 spiro atoms. The molecule has 0 atom stereocenters. The molecule has 1 radical (unpaired) electrons. The summed E-state index contributed by atoms with van der Waals surface area (Å²) in [7, 11) is 0. The number of hydrogen-bond acceptors (Lipinski definition) is 0. The normalized spacial score (nSPS) is 7.57. The quantitative estimate of drug-likeness (QED) is 0.374. The first-order chi connectivity index (χ1) is 2.89. The molecule has 1 aromatic rings. The summed E-state index contributed by atoms with van der Waals surface area (Å²) in [6.07, 6.45) is 0. The van der Waals surface area contributed by atoms with Crippen LogP contribution in [0.2, 0.25) is 0 Å². The summed E-state index contributed by atoms with van der Waals surface area (Å²) in [4.78, 5) is 0. The zero-order chi connectivity index (χ0) is 4.41. The van der Waals surface area contributed by atoms with Gasteiger partial charge in [-0.05, 0) is 0 Å². The summed E-state index contributed by atoms with van der Waals surface area (Å²) < 4.78 is 0. The van der Waals surface area contributed by atoms with Crippen molar-refractivity contribution in [2.75, 3.05) is 0 Å². The molecule has 39 valence electrons. The van der Waals surface area contributed by atoms with Crippen molar-refractivity contribution in [2.45, 2.75) is 6.92 Å². The molecule has 0 saturated carbocycles. The van der Waals surface area contributed by atoms with Crippen LogP contribution in [0.5, 0.6) is 0 Å². The molecule has 0 unspecified atom stereocenters. The van der Waals surface area contributed by atoms with Crippen LogP contribution >= 0.6 is 0 Å². The Kier molecular flexibility index (Phi) is 2.89. The zero-order valence-corrected chi connectivity index (χ0v) is 5.37. The average Bonchev–Trinajstić information content (AvgIpc) is 1.86. The van der Waals surface area contributed by atoms with Gasteiger partial charge in [0.05, 0.1) is 0 Å². The molecule has 0 bridgehead atoms. The monoisotopic (exact) mass is 134 g/mol. The van der Waals surface area contributed by atoms with Gasteiger partial charge in [0.25, 0.3) is 0 Å². The van der Waals surface area contributed by atoms with Crippen molar-refractivity contribution in [2.24, 2.45) is 0 Å². The van der Waals surface area contributed by atoms with Crippen LogP contribution < -0.4 is 0 Å². The van der Waals surface area contributed by atoms with E-state index in [0.29, 0.717) is 0 Å². The Hall–Kier alpha value is -0.131. The minimum Gasteiger partial charge on any atom is -0.213 e. The number of hydrogen-bond donors (Lipinski definition) is 0. The van der Waals surface area contributed by atoms with Crippen LogP contribution in [-0.2, 0) is 17.1 Å². The standard InChI is InChI=1S/C6H7.Mn/c1-6-4-2-3-5-6;/h2-5H,1H3;/q-1;. The van der Waals surface area contributed by atoms with E-state index in [1.165, 1.54) is 5.56 Å². The van der Waals surface area contributed by atoms with E-state index in [-0.39, 0.29) is 17.1 Å². The smallest absolute Gasteiger partial charge is 0 e. The van der Waals surface area contributed by atoms with Gasteiger partial charge in [0.2, 0.25) is 0 Å². The van der Waals surface area contributed by atoms with E-state index in [0.717, 1.165) is 0 Å². The van der Waals surface area contributed by atoms with Crippen LogP contribution in [0.1, 0.15) is 5.56 Å². The van der Waals surface area contributed by atoms with Crippen molar-refractivity contribution >= 4 is 0 Å². The van der Waals surface area contributed by atoms with Gasteiger partial charge in [-0.2, -0.15) is 17.7 Å². The van der Waals surface area contributed by atoms with Crippen LogP contribution in [0.3, 0.4) is 0 Å². The SMILES string of the molecule is C[c-]1cccc1.[Mn]. The van der Waals surface area contributed by atoms with Gasteiger partial charge < -0.3 is 0 Å². The maximum atomic E-state index is 2.08. The van der Waals surface area contributed by atoms with E-state index in [1.807, 2.05) is 12.1 Å². The molecule has 0 aliphatic carbocycles. The maximum absolute atomic E-state index is 2.08. The molecular formula is C6H7Mn-. The van der Waals surface area contributed by atoms with E-state index in [2.05, 4.69) is 19.1 Å². The van der Waals surface area contributed by atoms with Crippen LogP contribution in [-0.4, -0.2) is 0 Å². The third kappa shape index (κ3) is 1.86. The van der Waals surface area contributed by atoms with Gasteiger partial charge >= 0.3 is 0 Å². The van der Waals surface area contributed by atoms with Crippen molar-refractivity contribution in [1.29, 1.82) is 0 Å². The maximum Gasteiger partial charge on any atom is 0 e. The van der Waals surface area contributed by atoms with E-state index >= 15 is 0 Å². The molecule has 1 aromatic carbocycles. The second-order valence-corrected chi connectivity index (χ2v) is 1.46. The van der Waals surface area contributed by atoms with Gasteiger partial charge in [-0.3, -0.25) is 0 Å². The zero-order valence-electron chi connectivity index (χ0n) is 4.19. The molecule has 0 aliphatic heterocycles. The van der Waals surface area contributed by atoms with Crippen LogP contribution in [0.15, 0.2) is 24.3 Å². The van der Waals surface area contributed by atoms with Crippen LogP contribution in [0, 0.1) is 6.92 Å². The van der Waals surface area contributed by atoms with Crippen molar-refractivity contribution < 1.29 is 17.1 Å². The fourth-order valence-electron chi connectivity index (χ4n) is 0.470. The molecule has 0 nitrogen and oxygen atoms in total. The Morgan fingerprint density at radius 2 is 1.57 bits per heavy atom. The van der Waals surface area contributed by atoms with Gasteiger partial charge in [-0.1, -0.05) is 6.92 Å². The molecular weight excluding hydrogens is 127 g/mol. The summed E-state index contributed by atoms with van der Waals surface area (Å²) in [6.45, 7) is 2.08. The Balaban J connectivity index is 0.000000360. The number of rotatable bonds is 0. The third-order valence-electron chi connectivity index (χ3n) is 0.829. The summed E-state index contributed by atoms with van der Waals surface area (Å²) in [5.74, 6) is 0. The minimum absolute atomic E-state index is 0. The second kappa shape index (κ2) is 2.95. The minimum atomic E-state index is 0. The average molecular weight is 134 g/mol. The molecule has 0 aliphatic rings. The summed E-state index contributed by atoms with van der Waals surface area (Å²) in [5, 5.41) is 0. The van der Waals surface area contributed by atoms with E-state index < -0.39 is 0 Å². The van der Waals surface area contributed by atoms with Crippen LogP contribution in [0.25, 0.3) is 0 Å². The fourth-order valence-corrected chi connectivity index (χ4v) is 0.470. The van der Waals surface area contributed by atoms with E-state index in [9.17, 15) is 0 Å². The van der Waals surface area contributed by atoms with Gasteiger partial charge in [-0.15, -0.1) is 0 Å². The molecule has 7 heavy (non-hydrogen) atoms. The Bertz CT molecular complexity index is 108. The topological polar surface area (TPSA) is 0 Å². The van der Waals surface area contributed by atoms with E-state index in [1.54, 1.807) is 0 Å². The molecule has 0 aromatic heterocycles. The molecule has 1 rings (SSSR count). The van der Waals surface area contributed by atoms with Gasteiger partial charge in [-0.25, -0.2) is 12.1 Å². The van der Waals surface area contributed by atoms with Gasteiger partial charge in [0.15, 0.2) is 0 Å². The first kappa shape index (κ1) is 6.87. The van der Waals surface area contributed by atoms with Gasteiger partial charge in [0.1, 0.15) is 0 Å². The molecule has 0 fully saturated rings. The predicted octanol–water partition coefficient (Wildman–Crippen LogP) is 1.71. The van der Waals surface area contributed by atoms with Crippen LogP contribution in [0.4, 0.5) is 0 Å². The molecule has 0 N–H and O–H groups in total. The Morgan fingerprint density at radius 1 is 1.14 bits per heavy atom. The molecule has 0 saturated heterocycles. The van der Waals surface area contributed by atoms with Crippen molar-refractivity contribution in [1.82, 2.24) is 0 Å². The summed E-state index contributed by atoms with van der Waals surface area (Å²) in [5.41, 5.74) is 1.34. The third-order valence-corrected chi connectivity index (χ3v) is 0.829. The fraction of sp³-hybridized carbons (Fsp3) is 0.167. The number of aryl methyl sites for hydroxylation is 1. The predicted molar refractivity (Wildman–Crippen MR) is 26.8 cm³/mol. The molecule has 1 heteroatoms. The first-order valence-electron chi connectivity index (χ1n) is 2.08. The molecule has 0 amide bonds. The van der Waals surface area contributed by atoms with Crippen molar-refractivity contribution in [3.63, 3.8) is 0 Å². The van der Waals surface area contributed by atoms with Crippen molar-refractivity contribution in [3.8, 4) is 0 Å².